The van der Waals surface area contributed by atoms with E-state index in [1.54, 1.807) is 7.05 Å². The Morgan fingerprint density at radius 3 is 2.92 bits per heavy atom. The molecule has 2 N–H and O–H groups in total. The Morgan fingerprint density at radius 1 is 1.67 bits per heavy atom. The Bertz CT molecular complexity index is 166. The van der Waals surface area contributed by atoms with E-state index in [0.717, 1.165) is 6.54 Å². The van der Waals surface area contributed by atoms with Gasteiger partial charge in [-0.25, -0.2) is 4.79 Å². The van der Waals surface area contributed by atoms with Crippen LogP contribution in [0.3, 0.4) is 0 Å². The fourth-order valence-electron chi connectivity index (χ4n) is 1.33. The molecular formula is C8H16N2OS. The highest BCUT2D eigenvalue weighted by molar-refractivity contribution is 8.00. The average molecular weight is 188 g/mol. The average Bonchev–Trinajstić information content (AvgIpc) is 2.49. The molecule has 4 heteroatoms. The van der Waals surface area contributed by atoms with Gasteiger partial charge in [-0.1, -0.05) is 0 Å². The first kappa shape index (κ1) is 9.71. The van der Waals surface area contributed by atoms with Gasteiger partial charge in [0, 0.05) is 18.3 Å². The maximum Gasteiger partial charge on any atom is 0.314 e. The second-order valence-corrected chi connectivity index (χ2v) is 5.02. The van der Waals surface area contributed by atoms with E-state index in [-0.39, 0.29) is 10.8 Å². The molecule has 2 amide bonds. The van der Waals surface area contributed by atoms with Gasteiger partial charge in [0.05, 0.1) is 0 Å². The van der Waals surface area contributed by atoms with Crippen LogP contribution in [0.1, 0.15) is 19.8 Å². The van der Waals surface area contributed by atoms with Crippen LogP contribution >= 0.6 is 11.8 Å². The zero-order chi connectivity index (χ0) is 9.03. The molecule has 0 aliphatic carbocycles. The number of urea groups is 1. The van der Waals surface area contributed by atoms with Gasteiger partial charge in [0.1, 0.15) is 0 Å². The van der Waals surface area contributed by atoms with Crippen molar-refractivity contribution in [3.63, 3.8) is 0 Å². The zero-order valence-electron chi connectivity index (χ0n) is 7.64. The van der Waals surface area contributed by atoms with Crippen LogP contribution in [-0.2, 0) is 0 Å². The van der Waals surface area contributed by atoms with Crippen molar-refractivity contribution in [2.45, 2.75) is 24.5 Å². The first-order valence-corrected chi connectivity index (χ1v) is 5.24. The number of rotatable bonds is 2. The molecule has 3 nitrogen and oxygen atoms in total. The predicted molar refractivity (Wildman–Crippen MR) is 52.6 cm³/mol. The fraction of sp³-hybridized carbons (Fsp3) is 0.875. The van der Waals surface area contributed by atoms with E-state index < -0.39 is 0 Å². The maximum atomic E-state index is 10.9. The lowest BCUT2D eigenvalue weighted by Gasteiger charge is -2.22. The molecule has 1 atom stereocenters. The minimum Gasteiger partial charge on any atom is -0.341 e. The summed E-state index contributed by atoms with van der Waals surface area (Å²) in [5, 5.41) is 5.39. The Hall–Kier alpha value is -0.380. The van der Waals surface area contributed by atoms with Crippen LogP contribution in [0, 0.1) is 0 Å². The zero-order valence-corrected chi connectivity index (χ0v) is 8.46. The van der Waals surface area contributed by atoms with Crippen LogP contribution in [0.4, 0.5) is 4.79 Å². The molecule has 1 heterocycles. The van der Waals surface area contributed by atoms with Crippen LogP contribution in [0.25, 0.3) is 0 Å². The molecule has 0 aromatic carbocycles. The number of nitrogens with one attached hydrogen (secondary N) is 2. The van der Waals surface area contributed by atoms with Crippen molar-refractivity contribution in [2.75, 3.05) is 19.3 Å². The summed E-state index contributed by atoms with van der Waals surface area (Å²) in [4.78, 5) is 10.9. The van der Waals surface area contributed by atoms with Gasteiger partial charge in [-0.05, 0) is 25.5 Å². The largest absolute Gasteiger partial charge is 0.341 e. The van der Waals surface area contributed by atoms with E-state index in [1.807, 2.05) is 11.8 Å². The van der Waals surface area contributed by atoms with Gasteiger partial charge in [-0.15, -0.1) is 0 Å². The molecule has 0 spiro atoms. The van der Waals surface area contributed by atoms with Gasteiger partial charge in [0.2, 0.25) is 0 Å². The Morgan fingerprint density at radius 2 is 2.42 bits per heavy atom. The SMILES string of the molecule is CNC(=O)NCC1(C)CCCS1. The summed E-state index contributed by atoms with van der Waals surface area (Å²) in [5.74, 6) is 1.23. The molecule has 0 radical (unpaired) electrons. The molecule has 1 fully saturated rings. The third kappa shape index (κ3) is 2.59. The van der Waals surface area contributed by atoms with Gasteiger partial charge in [-0.2, -0.15) is 11.8 Å². The van der Waals surface area contributed by atoms with Gasteiger partial charge in [0.15, 0.2) is 0 Å². The van der Waals surface area contributed by atoms with Crippen LogP contribution in [-0.4, -0.2) is 30.1 Å². The molecule has 0 aromatic heterocycles. The summed E-state index contributed by atoms with van der Waals surface area (Å²) >= 11 is 1.95. The summed E-state index contributed by atoms with van der Waals surface area (Å²) in [7, 11) is 1.64. The normalized spacial score (nSPS) is 28.5. The monoisotopic (exact) mass is 188 g/mol. The fourth-order valence-corrected chi connectivity index (χ4v) is 2.58. The van der Waals surface area contributed by atoms with Crippen molar-refractivity contribution < 1.29 is 4.79 Å². The lowest BCUT2D eigenvalue weighted by Crippen LogP contribution is -2.41. The van der Waals surface area contributed by atoms with Crippen molar-refractivity contribution in [2.24, 2.45) is 0 Å². The first-order chi connectivity index (χ1) is 5.66. The van der Waals surface area contributed by atoms with Crippen LogP contribution in [0.2, 0.25) is 0 Å². The molecule has 70 valence electrons. The number of carbonyl (C=O) groups is 1. The number of hydrogen-bond acceptors (Lipinski definition) is 2. The van der Waals surface area contributed by atoms with Gasteiger partial charge in [0.25, 0.3) is 0 Å². The van der Waals surface area contributed by atoms with Crippen LogP contribution in [0.5, 0.6) is 0 Å². The smallest absolute Gasteiger partial charge is 0.314 e. The summed E-state index contributed by atoms with van der Waals surface area (Å²) in [6, 6.07) is -0.0799. The van der Waals surface area contributed by atoms with Crippen molar-refractivity contribution in [1.29, 1.82) is 0 Å². The minimum atomic E-state index is -0.0799. The lowest BCUT2D eigenvalue weighted by atomic mass is 10.1. The molecule has 1 aliphatic rings. The van der Waals surface area contributed by atoms with Gasteiger partial charge >= 0.3 is 6.03 Å². The quantitative estimate of drug-likeness (QED) is 0.683. The van der Waals surface area contributed by atoms with E-state index in [1.165, 1.54) is 18.6 Å². The van der Waals surface area contributed by atoms with E-state index in [0.29, 0.717) is 0 Å². The summed E-state index contributed by atoms with van der Waals surface area (Å²) < 4.78 is 0.270. The highest BCUT2D eigenvalue weighted by Crippen LogP contribution is 2.36. The summed E-state index contributed by atoms with van der Waals surface area (Å²) in [6.07, 6.45) is 2.48. The maximum absolute atomic E-state index is 10.9. The predicted octanol–water partition coefficient (Wildman–Crippen LogP) is 1.20. The summed E-state index contributed by atoms with van der Waals surface area (Å²) in [5.41, 5.74) is 0. The number of thioether (sulfide) groups is 1. The van der Waals surface area contributed by atoms with E-state index >= 15 is 0 Å². The third-order valence-electron chi connectivity index (χ3n) is 2.15. The Balaban J connectivity index is 2.25. The minimum absolute atomic E-state index is 0.0799. The Labute approximate surface area is 77.7 Å². The third-order valence-corrected chi connectivity index (χ3v) is 3.69. The van der Waals surface area contributed by atoms with E-state index in [4.69, 9.17) is 0 Å². The second-order valence-electron chi connectivity index (χ2n) is 3.33. The van der Waals surface area contributed by atoms with Gasteiger partial charge in [-0.3, -0.25) is 0 Å². The topological polar surface area (TPSA) is 41.1 Å². The molecule has 12 heavy (non-hydrogen) atoms. The number of hydrogen-bond donors (Lipinski definition) is 2. The summed E-state index contributed by atoms with van der Waals surface area (Å²) in [6.45, 7) is 2.98. The molecule has 0 saturated carbocycles. The molecule has 0 aromatic rings. The lowest BCUT2D eigenvalue weighted by molar-refractivity contribution is 0.242. The molecule has 0 bridgehead atoms. The molecule has 1 unspecified atom stereocenters. The van der Waals surface area contributed by atoms with Crippen molar-refractivity contribution in [3.05, 3.63) is 0 Å². The van der Waals surface area contributed by atoms with E-state index in [2.05, 4.69) is 17.6 Å². The van der Waals surface area contributed by atoms with Crippen molar-refractivity contribution in [1.82, 2.24) is 10.6 Å². The van der Waals surface area contributed by atoms with Crippen molar-refractivity contribution >= 4 is 17.8 Å². The van der Waals surface area contributed by atoms with Crippen LogP contribution < -0.4 is 10.6 Å². The van der Waals surface area contributed by atoms with E-state index in [9.17, 15) is 4.79 Å². The van der Waals surface area contributed by atoms with Crippen LogP contribution in [0.15, 0.2) is 0 Å². The number of carbonyl (C=O) groups excluding carboxylic acids is 1. The highest BCUT2D eigenvalue weighted by atomic mass is 32.2. The molecule has 1 aliphatic heterocycles. The molecule has 1 rings (SSSR count). The van der Waals surface area contributed by atoms with Crippen molar-refractivity contribution in [3.8, 4) is 0 Å². The second kappa shape index (κ2) is 4.03. The van der Waals surface area contributed by atoms with Gasteiger partial charge < -0.3 is 10.6 Å². The number of amides is 2. The standard InChI is InChI=1S/C8H16N2OS/c1-8(4-3-5-12-8)6-10-7(11)9-2/h3-6H2,1-2H3,(H2,9,10,11). The molecular weight excluding hydrogens is 172 g/mol. The first-order valence-electron chi connectivity index (χ1n) is 4.26. The highest BCUT2D eigenvalue weighted by Gasteiger charge is 2.29. The molecule has 1 saturated heterocycles. The Kier molecular flexibility index (Phi) is 3.26.